The fourth-order valence-electron chi connectivity index (χ4n) is 3.47. The van der Waals surface area contributed by atoms with E-state index in [1.807, 2.05) is 55.5 Å². The summed E-state index contributed by atoms with van der Waals surface area (Å²) in [7, 11) is -3.67. The number of hydrogen-bond acceptors (Lipinski definition) is 4. The molecule has 0 unspecified atom stereocenters. The lowest BCUT2D eigenvalue weighted by Crippen LogP contribution is -2.23. The summed E-state index contributed by atoms with van der Waals surface area (Å²) in [5.41, 5.74) is 4.37. The molecule has 0 aromatic heterocycles. The lowest BCUT2D eigenvalue weighted by atomic mass is 9.98. The fraction of sp³-hybridized carbons (Fsp3) is 0.269. The maximum atomic E-state index is 12.6. The van der Waals surface area contributed by atoms with Crippen molar-refractivity contribution in [3.05, 3.63) is 89.0 Å². The third-order valence-corrected chi connectivity index (χ3v) is 6.71. The highest BCUT2D eigenvalue weighted by atomic mass is 32.2. The van der Waals surface area contributed by atoms with Gasteiger partial charge in [0, 0.05) is 12.2 Å². The monoisotopic (exact) mass is 466 g/mol. The topological polar surface area (TPSA) is 84.5 Å². The Hall–Kier alpha value is -3.16. The molecule has 2 N–H and O–H groups in total. The number of carbonyl (C=O) groups is 1. The van der Waals surface area contributed by atoms with Crippen molar-refractivity contribution in [1.82, 2.24) is 4.72 Å². The molecule has 0 spiro atoms. The number of hydrogen-bond donors (Lipinski definition) is 2. The van der Waals surface area contributed by atoms with E-state index in [2.05, 4.69) is 23.9 Å². The van der Waals surface area contributed by atoms with Crippen LogP contribution in [0.2, 0.25) is 0 Å². The van der Waals surface area contributed by atoms with Gasteiger partial charge in [-0.1, -0.05) is 62.4 Å². The molecule has 3 rings (SSSR count). The van der Waals surface area contributed by atoms with Crippen molar-refractivity contribution in [3.8, 4) is 5.75 Å². The van der Waals surface area contributed by atoms with Crippen LogP contribution in [-0.2, 0) is 21.4 Å². The molecule has 6 nitrogen and oxygen atoms in total. The maximum Gasteiger partial charge on any atom is 0.262 e. The van der Waals surface area contributed by atoms with Gasteiger partial charge in [-0.25, -0.2) is 13.1 Å². The third-order valence-electron chi connectivity index (χ3n) is 5.32. The van der Waals surface area contributed by atoms with Gasteiger partial charge in [-0.15, -0.1) is 0 Å². The first-order valence-corrected chi connectivity index (χ1v) is 12.3. The highest BCUT2D eigenvalue weighted by Gasteiger charge is 2.17. The number of nitrogens with one attached hydrogen (secondary N) is 2. The summed E-state index contributed by atoms with van der Waals surface area (Å²) in [6.45, 7) is 7.89. The summed E-state index contributed by atoms with van der Waals surface area (Å²) >= 11 is 0. The van der Waals surface area contributed by atoms with Crippen molar-refractivity contribution in [2.45, 2.75) is 45.1 Å². The number of aryl methyl sites for hydroxylation is 2. The van der Waals surface area contributed by atoms with E-state index in [1.54, 1.807) is 19.1 Å². The summed E-state index contributed by atoms with van der Waals surface area (Å²) in [6.07, 6.45) is 0. The second-order valence-electron chi connectivity index (χ2n) is 8.27. The number of amides is 1. The zero-order chi connectivity index (χ0) is 24.0. The summed E-state index contributed by atoms with van der Waals surface area (Å²) in [4.78, 5) is 12.7. The van der Waals surface area contributed by atoms with Gasteiger partial charge in [-0.3, -0.25) is 4.79 Å². The molecule has 0 radical (unpaired) electrons. The van der Waals surface area contributed by atoms with E-state index in [0.29, 0.717) is 11.3 Å². The Labute approximate surface area is 196 Å². The van der Waals surface area contributed by atoms with Crippen LogP contribution in [0, 0.1) is 13.8 Å². The molecule has 0 bridgehead atoms. The van der Waals surface area contributed by atoms with Gasteiger partial charge in [-0.2, -0.15) is 0 Å². The largest absolute Gasteiger partial charge is 0.483 e. The Morgan fingerprint density at radius 3 is 2.33 bits per heavy atom. The molecule has 0 aliphatic heterocycles. The van der Waals surface area contributed by atoms with Gasteiger partial charge in [0.05, 0.1) is 4.90 Å². The molecule has 0 aliphatic carbocycles. The fourth-order valence-corrected chi connectivity index (χ4v) is 4.57. The molecule has 33 heavy (non-hydrogen) atoms. The molecule has 0 fully saturated rings. The second kappa shape index (κ2) is 10.6. The third kappa shape index (κ3) is 6.43. The summed E-state index contributed by atoms with van der Waals surface area (Å²) in [5, 5.41) is 2.95. The number of para-hydroxylation sites is 1. The minimum atomic E-state index is -3.67. The first-order valence-electron chi connectivity index (χ1n) is 10.8. The van der Waals surface area contributed by atoms with E-state index >= 15 is 0 Å². The van der Waals surface area contributed by atoms with Crippen LogP contribution in [-0.4, -0.2) is 20.9 Å². The normalized spacial score (nSPS) is 11.4. The van der Waals surface area contributed by atoms with Gasteiger partial charge in [0.15, 0.2) is 6.61 Å². The molecule has 0 atom stereocenters. The predicted molar refractivity (Wildman–Crippen MR) is 131 cm³/mol. The highest BCUT2D eigenvalue weighted by molar-refractivity contribution is 7.89. The lowest BCUT2D eigenvalue weighted by molar-refractivity contribution is -0.118. The molecule has 1 amide bonds. The number of carbonyl (C=O) groups excluding carboxylic acids is 1. The van der Waals surface area contributed by atoms with Crippen LogP contribution in [0.1, 0.15) is 42.0 Å². The van der Waals surface area contributed by atoms with Gasteiger partial charge in [0.2, 0.25) is 10.0 Å². The highest BCUT2D eigenvalue weighted by Crippen LogP contribution is 2.27. The van der Waals surface area contributed by atoms with Crippen molar-refractivity contribution in [2.75, 3.05) is 11.9 Å². The maximum absolute atomic E-state index is 12.6. The Bertz CT molecular complexity index is 1220. The summed E-state index contributed by atoms with van der Waals surface area (Å²) in [5.74, 6) is 0.459. The van der Waals surface area contributed by atoms with Crippen molar-refractivity contribution in [2.24, 2.45) is 0 Å². The molecule has 0 heterocycles. The minimum absolute atomic E-state index is 0.147. The van der Waals surface area contributed by atoms with Crippen LogP contribution in [0.3, 0.4) is 0 Å². The summed E-state index contributed by atoms with van der Waals surface area (Å²) in [6, 6.07) is 19.8. The van der Waals surface area contributed by atoms with Gasteiger partial charge in [0.1, 0.15) is 5.75 Å². The molecule has 0 saturated heterocycles. The van der Waals surface area contributed by atoms with Crippen LogP contribution in [0.5, 0.6) is 5.75 Å². The first-order chi connectivity index (χ1) is 15.7. The van der Waals surface area contributed by atoms with Crippen molar-refractivity contribution < 1.29 is 17.9 Å². The van der Waals surface area contributed by atoms with Crippen molar-refractivity contribution in [3.63, 3.8) is 0 Å². The zero-order valence-electron chi connectivity index (χ0n) is 19.4. The molecule has 174 valence electrons. The zero-order valence-corrected chi connectivity index (χ0v) is 20.2. The Morgan fingerprint density at radius 1 is 0.939 bits per heavy atom. The number of ether oxygens (including phenoxy) is 1. The number of anilines is 1. The number of sulfonamides is 1. The lowest BCUT2D eigenvalue weighted by Gasteiger charge is -2.17. The molecule has 3 aromatic carbocycles. The Kier molecular flexibility index (Phi) is 7.89. The van der Waals surface area contributed by atoms with Crippen LogP contribution in [0.15, 0.2) is 71.6 Å². The van der Waals surface area contributed by atoms with Gasteiger partial charge >= 0.3 is 0 Å². The smallest absolute Gasteiger partial charge is 0.262 e. The van der Waals surface area contributed by atoms with Crippen molar-refractivity contribution >= 4 is 21.6 Å². The van der Waals surface area contributed by atoms with E-state index in [4.69, 9.17) is 4.74 Å². The first kappa shape index (κ1) is 24.5. The average Bonchev–Trinajstić information content (AvgIpc) is 2.78. The Morgan fingerprint density at radius 2 is 1.67 bits per heavy atom. The van der Waals surface area contributed by atoms with Crippen LogP contribution in [0.25, 0.3) is 0 Å². The quantitative estimate of drug-likeness (QED) is 0.469. The second-order valence-corrected chi connectivity index (χ2v) is 10.0. The van der Waals surface area contributed by atoms with Gasteiger partial charge in [-0.05, 0) is 60.2 Å². The van der Waals surface area contributed by atoms with Gasteiger partial charge < -0.3 is 10.1 Å². The Balaban J connectivity index is 1.63. The SMILES string of the molecule is Cc1cc(S(=O)(=O)NCc2ccccc2)ccc1OCC(=O)Nc1c(C)cccc1C(C)C. The van der Waals surface area contributed by atoms with Crippen LogP contribution < -0.4 is 14.8 Å². The molecule has 0 aliphatic rings. The molecular formula is C26H30N2O4S. The van der Waals surface area contributed by atoms with E-state index in [9.17, 15) is 13.2 Å². The summed E-state index contributed by atoms with van der Waals surface area (Å²) < 4.78 is 33.6. The standard InChI is InChI=1S/C26H30N2O4S/c1-18(2)23-12-8-9-19(3)26(23)28-25(29)17-32-24-14-13-22(15-20(24)4)33(30,31)27-16-21-10-6-5-7-11-21/h5-15,18,27H,16-17H2,1-4H3,(H,28,29). The van der Waals surface area contributed by atoms with E-state index in [-0.39, 0.29) is 29.9 Å². The van der Waals surface area contributed by atoms with Crippen LogP contribution in [0.4, 0.5) is 5.69 Å². The average molecular weight is 467 g/mol. The van der Waals surface area contributed by atoms with Crippen LogP contribution >= 0.6 is 0 Å². The molecule has 0 saturated carbocycles. The number of benzene rings is 3. The predicted octanol–water partition coefficient (Wildman–Crippen LogP) is 4.92. The van der Waals surface area contributed by atoms with Gasteiger partial charge in [0.25, 0.3) is 5.91 Å². The van der Waals surface area contributed by atoms with Crippen molar-refractivity contribution in [1.29, 1.82) is 0 Å². The molecular weight excluding hydrogens is 436 g/mol. The minimum Gasteiger partial charge on any atom is -0.483 e. The van der Waals surface area contributed by atoms with E-state index < -0.39 is 10.0 Å². The number of rotatable bonds is 9. The molecule has 7 heteroatoms. The van der Waals surface area contributed by atoms with E-state index in [1.165, 1.54) is 6.07 Å². The molecule has 3 aromatic rings. The van der Waals surface area contributed by atoms with E-state index in [0.717, 1.165) is 22.4 Å².